The molecule has 0 aliphatic rings. The Morgan fingerprint density at radius 2 is 2.05 bits per heavy atom. The van der Waals surface area contributed by atoms with E-state index in [1.807, 2.05) is 18.4 Å². The molecule has 20 heavy (non-hydrogen) atoms. The van der Waals surface area contributed by atoms with Gasteiger partial charge in [-0.05, 0) is 62.4 Å². The third-order valence-electron chi connectivity index (χ3n) is 2.51. The molecule has 0 bridgehead atoms. The summed E-state index contributed by atoms with van der Waals surface area (Å²) < 4.78 is 13.1. The molecule has 2 rings (SSSR count). The van der Waals surface area contributed by atoms with Crippen LogP contribution in [-0.2, 0) is 6.61 Å². The minimum absolute atomic E-state index is 0.442. The molecular weight excluding hydrogens is 408 g/mol. The molecule has 106 valence electrons. The predicted molar refractivity (Wildman–Crippen MR) is 87.0 cm³/mol. The van der Waals surface area contributed by atoms with Crippen molar-refractivity contribution >= 4 is 49.5 Å². The maximum absolute atomic E-state index is 10.9. The van der Waals surface area contributed by atoms with Crippen molar-refractivity contribution < 1.29 is 14.3 Å². The van der Waals surface area contributed by atoms with Crippen LogP contribution in [0.15, 0.2) is 32.5 Å². The van der Waals surface area contributed by atoms with E-state index >= 15 is 0 Å². The van der Waals surface area contributed by atoms with Gasteiger partial charge in [0.1, 0.15) is 12.9 Å². The fourth-order valence-electron chi connectivity index (χ4n) is 1.62. The second-order valence-electron chi connectivity index (χ2n) is 3.86. The highest BCUT2D eigenvalue weighted by molar-refractivity contribution is 9.10. The molecule has 0 amide bonds. The number of benzene rings is 1. The summed E-state index contributed by atoms with van der Waals surface area (Å²) in [5, 5.41) is 2.00. The first kappa shape index (κ1) is 15.5. The van der Waals surface area contributed by atoms with E-state index in [4.69, 9.17) is 9.47 Å². The summed E-state index contributed by atoms with van der Waals surface area (Å²) in [5.74, 6) is 1.18. The lowest BCUT2D eigenvalue weighted by atomic mass is 10.2. The van der Waals surface area contributed by atoms with Gasteiger partial charge in [-0.25, -0.2) is 0 Å². The van der Waals surface area contributed by atoms with Crippen molar-refractivity contribution in [1.82, 2.24) is 0 Å². The van der Waals surface area contributed by atoms with E-state index in [0.29, 0.717) is 34.7 Å². The average molecular weight is 420 g/mol. The molecule has 0 saturated heterocycles. The van der Waals surface area contributed by atoms with Gasteiger partial charge in [0.15, 0.2) is 11.5 Å². The lowest BCUT2D eigenvalue weighted by Gasteiger charge is -2.14. The van der Waals surface area contributed by atoms with E-state index in [9.17, 15) is 4.79 Å². The second-order valence-corrected chi connectivity index (χ2v) is 6.57. The van der Waals surface area contributed by atoms with Crippen LogP contribution >= 0.6 is 43.2 Å². The number of ether oxygens (including phenoxy) is 2. The third kappa shape index (κ3) is 3.62. The Hall–Kier alpha value is -0.850. The van der Waals surface area contributed by atoms with Gasteiger partial charge < -0.3 is 9.47 Å². The molecule has 0 spiro atoms. The third-order valence-corrected chi connectivity index (χ3v) is 5.00. The smallest absolute Gasteiger partial charge is 0.175 e. The van der Waals surface area contributed by atoms with Crippen LogP contribution in [0.25, 0.3) is 0 Å². The first-order valence-corrected chi connectivity index (χ1v) is 8.38. The fourth-order valence-corrected chi connectivity index (χ4v) is 3.58. The van der Waals surface area contributed by atoms with E-state index in [1.165, 1.54) is 0 Å². The zero-order chi connectivity index (χ0) is 14.5. The molecule has 1 aromatic carbocycles. The zero-order valence-electron chi connectivity index (χ0n) is 10.7. The molecule has 0 aliphatic carbocycles. The van der Waals surface area contributed by atoms with Gasteiger partial charge in [0, 0.05) is 10.0 Å². The van der Waals surface area contributed by atoms with Crippen LogP contribution in [-0.4, -0.2) is 12.9 Å². The van der Waals surface area contributed by atoms with Gasteiger partial charge in [-0.15, -0.1) is 11.3 Å². The Labute approximate surface area is 138 Å². The highest BCUT2D eigenvalue weighted by Gasteiger charge is 2.13. The monoisotopic (exact) mass is 418 g/mol. The number of hydrogen-bond donors (Lipinski definition) is 0. The molecule has 0 saturated carbocycles. The molecule has 0 radical (unpaired) electrons. The van der Waals surface area contributed by atoms with Gasteiger partial charge in [-0.2, -0.15) is 0 Å². The summed E-state index contributed by atoms with van der Waals surface area (Å²) in [6, 6.07) is 5.38. The van der Waals surface area contributed by atoms with Gasteiger partial charge in [0.25, 0.3) is 0 Å². The molecule has 2 aromatic rings. The Balaban J connectivity index is 2.25. The Morgan fingerprint density at radius 1 is 1.25 bits per heavy atom. The van der Waals surface area contributed by atoms with Crippen LogP contribution in [0.2, 0.25) is 0 Å². The largest absolute Gasteiger partial charge is 0.490 e. The summed E-state index contributed by atoms with van der Waals surface area (Å²) in [4.78, 5) is 12.0. The van der Waals surface area contributed by atoms with Crippen molar-refractivity contribution in [3.63, 3.8) is 0 Å². The minimum Gasteiger partial charge on any atom is -0.490 e. The van der Waals surface area contributed by atoms with Crippen LogP contribution in [0.5, 0.6) is 11.5 Å². The van der Waals surface area contributed by atoms with Crippen LogP contribution < -0.4 is 9.47 Å². The maximum Gasteiger partial charge on any atom is 0.175 e. The Bertz CT molecular complexity index is 610. The van der Waals surface area contributed by atoms with Crippen molar-refractivity contribution in [1.29, 1.82) is 0 Å². The number of rotatable bonds is 6. The number of thiophene rings is 1. The molecular formula is C14H12Br2O3S. The first-order valence-electron chi connectivity index (χ1n) is 5.92. The number of carbonyl (C=O) groups excluding carboxylic acids is 1. The lowest BCUT2D eigenvalue weighted by molar-refractivity contribution is 0.112. The van der Waals surface area contributed by atoms with E-state index in [2.05, 4.69) is 31.9 Å². The van der Waals surface area contributed by atoms with Gasteiger partial charge in [0.05, 0.1) is 16.0 Å². The van der Waals surface area contributed by atoms with E-state index in [0.717, 1.165) is 15.6 Å². The molecule has 1 heterocycles. The number of hydrogen-bond acceptors (Lipinski definition) is 4. The molecule has 0 fully saturated rings. The Kier molecular flexibility index (Phi) is 5.63. The zero-order valence-corrected chi connectivity index (χ0v) is 14.7. The summed E-state index contributed by atoms with van der Waals surface area (Å²) >= 11 is 8.51. The molecule has 0 aliphatic heterocycles. The molecule has 0 atom stereocenters. The van der Waals surface area contributed by atoms with Gasteiger partial charge in [-0.1, -0.05) is 0 Å². The summed E-state index contributed by atoms with van der Waals surface area (Å²) in [6.07, 6.45) is 0.785. The lowest BCUT2D eigenvalue weighted by Crippen LogP contribution is -2.01. The quantitative estimate of drug-likeness (QED) is 0.613. The second kappa shape index (κ2) is 7.24. The van der Waals surface area contributed by atoms with Crippen LogP contribution in [0.1, 0.15) is 22.2 Å². The van der Waals surface area contributed by atoms with E-state index < -0.39 is 0 Å². The molecule has 1 aromatic heterocycles. The number of aldehydes is 1. The predicted octanol–water partition coefficient (Wildman–Crippen LogP) is 5.06. The van der Waals surface area contributed by atoms with Gasteiger partial charge >= 0.3 is 0 Å². The van der Waals surface area contributed by atoms with Crippen molar-refractivity contribution in [3.8, 4) is 11.5 Å². The highest BCUT2D eigenvalue weighted by Crippen LogP contribution is 2.37. The standard InChI is InChI=1S/C14H12Br2O3S/c1-2-18-12-6-9(7-17)5-11(16)14(12)19-8-13-10(15)3-4-20-13/h3-7H,2,8H2,1H3. The molecule has 3 nitrogen and oxygen atoms in total. The number of carbonyl (C=O) groups is 1. The molecule has 0 unspecified atom stereocenters. The first-order chi connectivity index (χ1) is 9.65. The Morgan fingerprint density at radius 3 is 2.65 bits per heavy atom. The van der Waals surface area contributed by atoms with Crippen molar-refractivity contribution in [3.05, 3.63) is 43.0 Å². The van der Waals surface area contributed by atoms with E-state index in [-0.39, 0.29) is 0 Å². The van der Waals surface area contributed by atoms with Gasteiger partial charge in [-0.3, -0.25) is 4.79 Å². The highest BCUT2D eigenvalue weighted by atomic mass is 79.9. The normalized spacial score (nSPS) is 10.3. The summed E-state index contributed by atoms with van der Waals surface area (Å²) in [6.45, 7) is 2.84. The SMILES string of the molecule is CCOc1cc(C=O)cc(Br)c1OCc1sccc1Br. The number of halogens is 2. The summed E-state index contributed by atoms with van der Waals surface area (Å²) in [7, 11) is 0. The van der Waals surface area contributed by atoms with Crippen LogP contribution in [0, 0.1) is 0 Å². The van der Waals surface area contributed by atoms with Crippen LogP contribution in [0.3, 0.4) is 0 Å². The van der Waals surface area contributed by atoms with Crippen molar-refractivity contribution in [2.45, 2.75) is 13.5 Å². The average Bonchev–Trinajstić information content (AvgIpc) is 2.83. The fraction of sp³-hybridized carbons (Fsp3) is 0.214. The minimum atomic E-state index is 0.442. The van der Waals surface area contributed by atoms with E-state index in [1.54, 1.807) is 23.5 Å². The maximum atomic E-state index is 10.9. The van der Waals surface area contributed by atoms with Crippen LogP contribution in [0.4, 0.5) is 0 Å². The molecule has 6 heteroatoms. The topological polar surface area (TPSA) is 35.5 Å². The van der Waals surface area contributed by atoms with Crippen molar-refractivity contribution in [2.24, 2.45) is 0 Å². The van der Waals surface area contributed by atoms with Crippen molar-refractivity contribution in [2.75, 3.05) is 6.61 Å². The molecule has 0 N–H and O–H groups in total. The summed E-state index contributed by atoms with van der Waals surface area (Å²) in [5.41, 5.74) is 0.546. The van der Waals surface area contributed by atoms with Gasteiger partial charge in [0.2, 0.25) is 0 Å².